The van der Waals surface area contributed by atoms with Gasteiger partial charge in [0.1, 0.15) is 0 Å². The number of imidazole rings is 1. The van der Waals surface area contributed by atoms with Gasteiger partial charge in [-0.05, 0) is 19.4 Å². The minimum absolute atomic E-state index is 0.0295. The van der Waals surface area contributed by atoms with Crippen molar-refractivity contribution in [2.75, 3.05) is 6.54 Å². The van der Waals surface area contributed by atoms with Crippen molar-refractivity contribution in [1.29, 1.82) is 0 Å². The molecule has 0 atom stereocenters. The lowest BCUT2D eigenvalue weighted by Gasteiger charge is -2.02. The van der Waals surface area contributed by atoms with E-state index in [2.05, 4.69) is 10.3 Å². The fourth-order valence-electron chi connectivity index (χ4n) is 1.10. The highest BCUT2D eigenvalue weighted by molar-refractivity contribution is 5.87. The average Bonchev–Trinajstić information content (AvgIpc) is 2.65. The molecule has 0 saturated carbocycles. The smallest absolute Gasteiger partial charge is 0.243 e. The van der Waals surface area contributed by atoms with Crippen molar-refractivity contribution < 1.29 is 4.79 Å². The first-order chi connectivity index (χ1) is 6.83. The Morgan fingerprint density at radius 1 is 1.64 bits per heavy atom. The maximum Gasteiger partial charge on any atom is 0.243 e. The standard InChI is InChI=1S/C10H15N3O/c1-2-4-10(14)12-5-3-7-13-8-6-11-9-13/h2,4,6,8-9H,3,5,7H2,1H3,(H,12,14). The molecule has 0 bridgehead atoms. The monoisotopic (exact) mass is 193 g/mol. The number of hydrogen-bond acceptors (Lipinski definition) is 2. The van der Waals surface area contributed by atoms with E-state index < -0.39 is 0 Å². The number of aromatic nitrogens is 2. The number of nitrogens with zero attached hydrogens (tertiary/aromatic N) is 2. The van der Waals surface area contributed by atoms with Crippen LogP contribution < -0.4 is 5.32 Å². The predicted molar refractivity (Wildman–Crippen MR) is 54.7 cm³/mol. The largest absolute Gasteiger partial charge is 0.352 e. The van der Waals surface area contributed by atoms with E-state index in [1.165, 1.54) is 6.08 Å². The summed E-state index contributed by atoms with van der Waals surface area (Å²) in [6, 6.07) is 0. The lowest BCUT2D eigenvalue weighted by molar-refractivity contribution is -0.116. The summed E-state index contributed by atoms with van der Waals surface area (Å²) in [5.41, 5.74) is 0. The van der Waals surface area contributed by atoms with E-state index >= 15 is 0 Å². The maximum absolute atomic E-state index is 11.0. The molecule has 1 N–H and O–H groups in total. The zero-order valence-electron chi connectivity index (χ0n) is 8.31. The number of nitrogens with one attached hydrogen (secondary N) is 1. The number of allylic oxidation sites excluding steroid dienone is 1. The van der Waals surface area contributed by atoms with Crippen LogP contribution in [0.25, 0.3) is 0 Å². The summed E-state index contributed by atoms with van der Waals surface area (Å²) in [6.45, 7) is 3.41. The van der Waals surface area contributed by atoms with Gasteiger partial charge >= 0.3 is 0 Å². The van der Waals surface area contributed by atoms with Crippen molar-refractivity contribution in [3.8, 4) is 0 Å². The zero-order valence-corrected chi connectivity index (χ0v) is 8.31. The van der Waals surface area contributed by atoms with Gasteiger partial charge in [0, 0.05) is 25.5 Å². The number of rotatable bonds is 5. The molecule has 1 rings (SSSR count). The highest BCUT2D eigenvalue weighted by atomic mass is 16.1. The topological polar surface area (TPSA) is 46.9 Å². The maximum atomic E-state index is 11.0. The zero-order chi connectivity index (χ0) is 10.2. The highest BCUT2D eigenvalue weighted by Gasteiger charge is 1.93. The Morgan fingerprint density at radius 2 is 2.50 bits per heavy atom. The second kappa shape index (κ2) is 5.96. The second-order valence-corrected chi connectivity index (χ2v) is 2.95. The number of carbonyl (C=O) groups excluding carboxylic acids is 1. The van der Waals surface area contributed by atoms with Crippen LogP contribution >= 0.6 is 0 Å². The third kappa shape index (κ3) is 3.89. The Morgan fingerprint density at radius 3 is 3.14 bits per heavy atom. The summed E-state index contributed by atoms with van der Waals surface area (Å²) < 4.78 is 1.99. The first-order valence-corrected chi connectivity index (χ1v) is 4.69. The fourth-order valence-corrected chi connectivity index (χ4v) is 1.10. The Hall–Kier alpha value is -1.58. The van der Waals surface area contributed by atoms with E-state index in [9.17, 15) is 4.79 Å². The van der Waals surface area contributed by atoms with Crippen LogP contribution in [-0.4, -0.2) is 22.0 Å². The molecule has 1 aromatic heterocycles. The molecule has 0 aliphatic carbocycles. The average molecular weight is 193 g/mol. The molecular weight excluding hydrogens is 178 g/mol. The quantitative estimate of drug-likeness (QED) is 0.559. The Bertz CT molecular complexity index is 290. The van der Waals surface area contributed by atoms with Gasteiger partial charge in [0.25, 0.3) is 0 Å². The summed E-state index contributed by atoms with van der Waals surface area (Å²) in [6.07, 6.45) is 9.60. The molecule has 14 heavy (non-hydrogen) atoms. The number of carbonyl (C=O) groups is 1. The van der Waals surface area contributed by atoms with Crippen LogP contribution in [0.4, 0.5) is 0 Å². The fraction of sp³-hybridized carbons (Fsp3) is 0.400. The van der Waals surface area contributed by atoms with Gasteiger partial charge in [0.2, 0.25) is 5.91 Å². The van der Waals surface area contributed by atoms with E-state index in [0.29, 0.717) is 6.54 Å². The third-order valence-corrected chi connectivity index (χ3v) is 1.77. The predicted octanol–water partition coefficient (Wildman–Crippen LogP) is 0.966. The second-order valence-electron chi connectivity index (χ2n) is 2.95. The van der Waals surface area contributed by atoms with Crippen LogP contribution in [0.3, 0.4) is 0 Å². The van der Waals surface area contributed by atoms with Crippen molar-refractivity contribution >= 4 is 5.91 Å². The van der Waals surface area contributed by atoms with Gasteiger partial charge in [-0.2, -0.15) is 0 Å². The third-order valence-electron chi connectivity index (χ3n) is 1.77. The normalized spacial score (nSPS) is 10.6. The van der Waals surface area contributed by atoms with E-state index in [1.807, 2.05) is 17.7 Å². The number of amides is 1. The summed E-state index contributed by atoms with van der Waals surface area (Å²) in [5.74, 6) is -0.0295. The van der Waals surface area contributed by atoms with Crippen LogP contribution in [0, 0.1) is 0 Å². The molecule has 0 radical (unpaired) electrons. The van der Waals surface area contributed by atoms with E-state index in [0.717, 1.165) is 13.0 Å². The van der Waals surface area contributed by atoms with Gasteiger partial charge in [-0.3, -0.25) is 4.79 Å². The molecule has 1 heterocycles. The summed E-state index contributed by atoms with van der Waals surface area (Å²) in [7, 11) is 0. The summed E-state index contributed by atoms with van der Waals surface area (Å²) in [4.78, 5) is 14.9. The van der Waals surface area contributed by atoms with E-state index in [-0.39, 0.29) is 5.91 Å². The lowest BCUT2D eigenvalue weighted by atomic mass is 10.4. The molecule has 76 valence electrons. The molecule has 0 fully saturated rings. The molecule has 0 spiro atoms. The molecule has 0 aromatic carbocycles. The highest BCUT2D eigenvalue weighted by Crippen LogP contribution is 1.88. The Labute approximate surface area is 83.6 Å². The molecule has 0 aliphatic rings. The Balaban J connectivity index is 2.08. The molecule has 0 unspecified atom stereocenters. The SMILES string of the molecule is CC=CC(=O)NCCCn1ccnc1. The first-order valence-electron chi connectivity index (χ1n) is 4.69. The van der Waals surface area contributed by atoms with Gasteiger partial charge in [-0.25, -0.2) is 4.98 Å². The van der Waals surface area contributed by atoms with Gasteiger partial charge < -0.3 is 9.88 Å². The molecule has 0 aliphatic heterocycles. The number of aryl methyl sites for hydroxylation is 1. The molecule has 4 heteroatoms. The minimum atomic E-state index is -0.0295. The van der Waals surface area contributed by atoms with Gasteiger partial charge in [-0.1, -0.05) is 6.08 Å². The number of hydrogen-bond donors (Lipinski definition) is 1. The molecular formula is C10H15N3O. The van der Waals surface area contributed by atoms with Crippen molar-refractivity contribution in [1.82, 2.24) is 14.9 Å². The molecule has 1 amide bonds. The van der Waals surface area contributed by atoms with Crippen molar-refractivity contribution in [2.24, 2.45) is 0 Å². The molecule has 4 nitrogen and oxygen atoms in total. The molecule has 0 saturated heterocycles. The van der Waals surface area contributed by atoms with Crippen LogP contribution in [0.5, 0.6) is 0 Å². The minimum Gasteiger partial charge on any atom is -0.352 e. The van der Waals surface area contributed by atoms with Crippen molar-refractivity contribution in [2.45, 2.75) is 19.9 Å². The van der Waals surface area contributed by atoms with Crippen molar-refractivity contribution in [3.05, 3.63) is 30.9 Å². The lowest BCUT2D eigenvalue weighted by Crippen LogP contribution is -2.22. The van der Waals surface area contributed by atoms with Crippen LogP contribution in [0.1, 0.15) is 13.3 Å². The van der Waals surface area contributed by atoms with Gasteiger partial charge in [0.05, 0.1) is 6.33 Å². The van der Waals surface area contributed by atoms with Crippen LogP contribution in [0.15, 0.2) is 30.9 Å². The summed E-state index contributed by atoms with van der Waals surface area (Å²) in [5, 5.41) is 2.79. The van der Waals surface area contributed by atoms with Crippen molar-refractivity contribution in [3.63, 3.8) is 0 Å². The summed E-state index contributed by atoms with van der Waals surface area (Å²) >= 11 is 0. The van der Waals surface area contributed by atoms with Gasteiger partial charge in [0.15, 0.2) is 0 Å². The van der Waals surface area contributed by atoms with Crippen LogP contribution in [-0.2, 0) is 11.3 Å². The molecule has 1 aromatic rings. The van der Waals surface area contributed by atoms with Gasteiger partial charge in [-0.15, -0.1) is 0 Å². The first kappa shape index (κ1) is 10.5. The Kier molecular flexibility index (Phi) is 4.47. The van der Waals surface area contributed by atoms with E-state index in [1.54, 1.807) is 18.6 Å². The van der Waals surface area contributed by atoms with E-state index in [4.69, 9.17) is 0 Å². The van der Waals surface area contributed by atoms with Crippen LogP contribution in [0.2, 0.25) is 0 Å².